The van der Waals surface area contributed by atoms with Crippen LogP contribution in [0.25, 0.3) is 0 Å². The minimum atomic E-state index is -0.189. The summed E-state index contributed by atoms with van der Waals surface area (Å²) in [5.74, 6) is 0.400. The normalized spacial score (nSPS) is 25.7. The van der Waals surface area contributed by atoms with Gasteiger partial charge in [-0.3, -0.25) is 4.90 Å². The molecular weight excluding hydrogens is 336 g/mol. The van der Waals surface area contributed by atoms with E-state index in [4.69, 9.17) is 4.74 Å². The van der Waals surface area contributed by atoms with E-state index < -0.39 is 0 Å². The number of carbonyl (C=O) groups excluding carboxylic acids is 1. The summed E-state index contributed by atoms with van der Waals surface area (Å²) in [5.41, 5.74) is 3.66. The Labute approximate surface area is 161 Å². The van der Waals surface area contributed by atoms with Crippen LogP contribution in [0.3, 0.4) is 0 Å². The molecule has 1 amide bonds. The Morgan fingerprint density at radius 1 is 1.04 bits per heavy atom. The van der Waals surface area contributed by atoms with Crippen molar-refractivity contribution < 1.29 is 9.53 Å². The van der Waals surface area contributed by atoms with E-state index in [-0.39, 0.29) is 18.2 Å². The van der Waals surface area contributed by atoms with Crippen LogP contribution in [0.2, 0.25) is 0 Å². The van der Waals surface area contributed by atoms with Gasteiger partial charge in [-0.2, -0.15) is 0 Å². The maximum atomic E-state index is 13.2. The van der Waals surface area contributed by atoms with E-state index in [9.17, 15) is 4.79 Å². The summed E-state index contributed by atoms with van der Waals surface area (Å²) in [6, 6.07) is 18.7. The first-order valence-electron chi connectivity index (χ1n) is 9.92. The van der Waals surface area contributed by atoms with Crippen LogP contribution in [0.4, 0.5) is 4.79 Å². The minimum Gasteiger partial charge on any atom is -0.444 e. The van der Waals surface area contributed by atoms with E-state index in [1.807, 2.05) is 23.1 Å². The molecule has 142 valence electrons. The van der Waals surface area contributed by atoms with Crippen molar-refractivity contribution in [3.05, 3.63) is 71.3 Å². The number of ether oxygens (including phenoxy) is 1. The molecule has 3 atom stereocenters. The average molecular weight is 364 g/mol. The molecule has 2 aromatic rings. The highest BCUT2D eigenvalue weighted by Gasteiger charge is 2.35. The monoisotopic (exact) mass is 364 g/mol. The number of piperidine rings is 1. The van der Waals surface area contributed by atoms with E-state index in [2.05, 4.69) is 55.3 Å². The van der Waals surface area contributed by atoms with Crippen LogP contribution in [0.1, 0.15) is 36.1 Å². The van der Waals surface area contributed by atoms with Gasteiger partial charge < -0.3 is 9.64 Å². The van der Waals surface area contributed by atoms with Gasteiger partial charge in [-0.15, -0.1) is 0 Å². The van der Waals surface area contributed by atoms with Crippen molar-refractivity contribution in [2.45, 2.75) is 31.9 Å². The molecule has 0 spiro atoms. The average Bonchev–Trinajstić information content (AvgIpc) is 2.70. The van der Waals surface area contributed by atoms with E-state index in [0.717, 1.165) is 31.5 Å². The van der Waals surface area contributed by atoms with Crippen LogP contribution in [0, 0.1) is 5.92 Å². The topological polar surface area (TPSA) is 32.8 Å². The number of amides is 1. The zero-order valence-electron chi connectivity index (χ0n) is 16.2. The Kier molecular flexibility index (Phi) is 5.17. The van der Waals surface area contributed by atoms with Crippen molar-refractivity contribution in [2.24, 2.45) is 5.92 Å². The quantitative estimate of drug-likeness (QED) is 0.804. The summed E-state index contributed by atoms with van der Waals surface area (Å²) >= 11 is 0. The van der Waals surface area contributed by atoms with E-state index >= 15 is 0 Å². The van der Waals surface area contributed by atoms with Gasteiger partial charge in [0, 0.05) is 13.1 Å². The molecule has 1 fully saturated rings. The lowest BCUT2D eigenvalue weighted by atomic mass is 9.88. The molecule has 0 bridgehead atoms. The summed E-state index contributed by atoms with van der Waals surface area (Å²) in [7, 11) is 2.09. The third-order valence-corrected chi connectivity index (χ3v) is 5.98. The molecule has 0 aromatic heterocycles. The van der Waals surface area contributed by atoms with Crippen molar-refractivity contribution in [3.63, 3.8) is 0 Å². The molecule has 1 saturated heterocycles. The molecule has 0 N–H and O–H groups in total. The van der Waals surface area contributed by atoms with Crippen LogP contribution < -0.4 is 0 Å². The molecule has 27 heavy (non-hydrogen) atoms. The second-order valence-electron chi connectivity index (χ2n) is 7.91. The predicted molar refractivity (Wildman–Crippen MR) is 107 cm³/mol. The first kappa shape index (κ1) is 18.1. The summed E-state index contributed by atoms with van der Waals surface area (Å²) in [6.07, 6.45) is 1.71. The van der Waals surface area contributed by atoms with Crippen LogP contribution in [0.15, 0.2) is 54.6 Å². The number of fused-ring (bicyclic) bond motifs is 1. The Bertz CT molecular complexity index is 792. The van der Waals surface area contributed by atoms with Gasteiger partial charge in [-0.25, -0.2) is 4.79 Å². The summed E-state index contributed by atoms with van der Waals surface area (Å²) < 4.78 is 6.03. The number of likely N-dealkylation sites (tertiary alicyclic amines) is 1. The molecule has 4 heteroatoms. The number of benzene rings is 2. The minimum absolute atomic E-state index is 0.0372. The lowest BCUT2D eigenvalue weighted by molar-refractivity contribution is -0.00456. The third-order valence-electron chi connectivity index (χ3n) is 5.98. The van der Waals surface area contributed by atoms with Crippen molar-refractivity contribution in [2.75, 3.05) is 26.7 Å². The highest BCUT2D eigenvalue weighted by molar-refractivity contribution is 5.70. The summed E-state index contributed by atoms with van der Waals surface area (Å²) in [4.78, 5) is 17.4. The van der Waals surface area contributed by atoms with Crippen molar-refractivity contribution in [3.8, 4) is 0 Å². The fourth-order valence-electron chi connectivity index (χ4n) is 4.30. The molecule has 2 unspecified atom stereocenters. The molecule has 0 radical (unpaired) electrons. The Morgan fingerprint density at radius 2 is 1.78 bits per heavy atom. The van der Waals surface area contributed by atoms with E-state index in [0.29, 0.717) is 12.5 Å². The number of nitrogens with zero attached hydrogens (tertiary/aromatic N) is 2. The first-order chi connectivity index (χ1) is 13.1. The predicted octanol–water partition coefficient (Wildman–Crippen LogP) is 4.11. The first-order valence-corrected chi connectivity index (χ1v) is 9.92. The molecule has 2 aromatic carbocycles. The Morgan fingerprint density at radius 3 is 2.59 bits per heavy atom. The number of hydrogen-bond donors (Lipinski definition) is 0. The lowest BCUT2D eigenvalue weighted by Gasteiger charge is -2.40. The van der Waals surface area contributed by atoms with Crippen molar-refractivity contribution >= 4 is 6.09 Å². The molecule has 2 aliphatic rings. The number of rotatable bonds is 2. The fraction of sp³-hybridized carbons (Fsp3) is 0.435. The van der Waals surface area contributed by atoms with Gasteiger partial charge in [0.2, 0.25) is 0 Å². The van der Waals surface area contributed by atoms with Gasteiger partial charge in [0.15, 0.2) is 0 Å². The largest absolute Gasteiger partial charge is 0.444 e. The van der Waals surface area contributed by atoms with Gasteiger partial charge in [-0.1, -0.05) is 61.5 Å². The lowest BCUT2D eigenvalue weighted by Crippen LogP contribution is -2.47. The van der Waals surface area contributed by atoms with E-state index in [1.54, 1.807) is 0 Å². The Hall–Kier alpha value is -2.33. The standard InChI is InChI=1S/C23H28N2O2/c1-17-12-14-24(2)16-21(17)27-23(26)25-15-13-18-8-6-7-11-20(18)22(25)19-9-4-3-5-10-19/h3-11,17,21-22H,12-16H2,1-2H3/t17?,21-,22?/m0/s1. The van der Waals surface area contributed by atoms with Crippen molar-refractivity contribution in [1.29, 1.82) is 0 Å². The van der Waals surface area contributed by atoms with E-state index in [1.165, 1.54) is 11.1 Å². The number of likely N-dealkylation sites (N-methyl/N-ethyl adjacent to an activating group) is 1. The maximum Gasteiger partial charge on any atom is 0.410 e. The Balaban J connectivity index is 1.61. The summed E-state index contributed by atoms with van der Waals surface area (Å²) in [5, 5.41) is 0. The van der Waals surface area contributed by atoms with Gasteiger partial charge in [0.25, 0.3) is 0 Å². The maximum absolute atomic E-state index is 13.2. The molecule has 0 saturated carbocycles. The second kappa shape index (κ2) is 7.73. The number of carbonyl (C=O) groups is 1. The van der Waals surface area contributed by atoms with Gasteiger partial charge in [0.05, 0.1) is 6.04 Å². The highest BCUT2D eigenvalue weighted by Crippen LogP contribution is 2.36. The fourth-order valence-corrected chi connectivity index (χ4v) is 4.30. The molecular formula is C23H28N2O2. The zero-order chi connectivity index (χ0) is 18.8. The van der Waals surface area contributed by atoms with Gasteiger partial charge >= 0.3 is 6.09 Å². The highest BCUT2D eigenvalue weighted by atomic mass is 16.6. The van der Waals surface area contributed by atoms with Crippen LogP contribution in [-0.4, -0.2) is 48.7 Å². The zero-order valence-corrected chi connectivity index (χ0v) is 16.2. The smallest absolute Gasteiger partial charge is 0.410 e. The molecule has 2 aliphatic heterocycles. The van der Waals surface area contributed by atoms with Gasteiger partial charge in [0.1, 0.15) is 6.10 Å². The van der Waals surface area contributed by atoms with Crippen molar-refractivity contribution in [1.82, 2.24) is 9.80 Å². The third kappa shape index (κ3) is 3.72. The molecule has 4 rings (SSSR count). The number of hydrogen-bond acceptors (Lipinski definition) is 3. The molecule has 2 heterocycles. The van der Waals surface area contributed by atoms with Crippen LogP contribution >= 0.6 is 0 Å². The van der Waals surface area contributed by atoms with Crippen LogP contribution in [0.5, 0.6) is 0 Å². The van der Waals surface area contributed by atoms with Gasteiger partial charge in [-0.05, 0) is 49.0 Å². The molecule has 4 nitrogen and oxygen atoms in total. The second-order valence-corrected chi connectivity index (χ2v) is 7.91. The summed E-state index contributed by atoms with van der Waals surface area (Å²) in [6.45, 7) is 4.75. The van der Waals surface area contributed by atoms with Crippen LogP contribution in [-0.2, 0) is 11.2 Å². The molecule has 0 aliphatic carbocycles. The SMILES string of the molecule is CC1CCN(C)C[C@@H]1OC(=O)N1CCc2ccccc2C1c1ccccc1.